The molecule has 0 saturated heterocycles. The molecule has 0 aromatic carbocycles. The van der Waals surface area contributed by atoms with Gasteiger partial charge in [0.05, 0.1) is 6.54 Å². The van der Waals surface area contributed by atoms with Crippen LogP contribution in [0.1, 0.15) is 5.69 Å². The summed E-state index contributed by atoms with van der Waals surface area (Å²) in [7, 11) is 5.83. The lowest BCUT2D eigenvalue weighted by molar-refractivity contribution is 0.465. The molecule has 0 radical (unpaired) electrons. The smallest absolute Gasteiger partial charge is 0.194 e. The van der Waals surface area contributed by atoms with Gasteiger partial charge in [-0.15, -0.1) is 24.0 Å². The third-order valence-electron chi connectivity index (χ3n) is 2.46. The fraction of sp³-hybridized carbons (Fsp3) is 0.417. The Labute approximate surface area is 134 Å². The summed E-state index contributed by atoms with van der Waals surface area (Å²) in [5, 5.41) is 3.22. The highest BCUT2D eigenvalue weighted by atomic mass is 127. The largest absolute Gasteiger partial charge is 0.353 e. The highest BCUT2D eigenvalue weighted by molar-refractivity contribution is 14.0. The molecule has 0 unspecified atom stereocenters. The van der Waals surface area contributed by atoms with Crippen molar-refractivity contribution in [1.29, 1.82) is 0 Å². The van der Waals surface area contributed by atoms with E-state index in [0.717, 1.165) is 17.0 Å². The number of aryl methyl sites for hydroxylation is 1. The first-order valence-electron chi connectivity index (χ1n) is 5.40. The van der Waals surface area contributed by atoms with E-state index in [1.807, 2.05) is 26.4 Å². The summed E-state index contributed by atoms with van der Waals surface area (Å²) >= 11 is 3.32. The van der Waals surface area contributed by atoms with Crippen LogP contribution in [0, 0.1) is 0 Å². The molecule has 102 valence electrons. The number of rotatable bonds is 4. The summed E-state index contributed by atoms with van der Waals surface area (Å²) in [6, 6.07) is 4.15. The molecule has 0 fully saturated rings. The van der Waals surface area contributed by atoms with Gasteiger partial charge in [-0.1, -0.05) is 22.5 Å². The number of hydrogen-bond acceptors (Lipinski definition) is 1. The highest BCUT2D eigenvalue weighted by Crippen LogP contribution is 2.04. The highest BCUT2D eigenvalue weighted by Gasteiger charge is 2.07. The predicted molar refractivity (Wildman–Crippen MR) is 91.7 cm³/mol. The zero-order valence-corrected chi connectivity index (χ0v) is 14.9. The molecule has 4 nitrogen and oxygen atoms in total. The van der Waals surface area contributed by atoms with Gasteiger partial charge in [0, 0.05) is 44.1 Å². The number of aliphatic imine (C=N–C) groups is 1. The van der Waals surface area contributed by atoms with Crippen molar-refractivity contribution >= 4 is 45.9 Å². The predicted octanol–water partition coefficient (Wildman–Crippen LogP) is 2.56. The number of nitrogens with zero attached hydrogens (tertiary/aromatic N) is 3. The number of hydrogen-bond donors (Lipinski definition) is 1. The Morgan fingerprint density at radius 1 is 1.61 bits per heavy atom. The minimum absolute atomic E-state index is 0. The van der Waals surface area contributed by atoms with E-state index < -0.39 is 0 Å². The molecule has 1 aromatic rings. The molecule has 0 spiro atoms. The first-order valence-corrected chi connectivity index (χ1v) is 6.19. The second kappa shape index (κ2) is 8.58. The Morgan fingerprint density at radius 2 is 2.28 bits per heavy atom. The molecule has 0 aliphatic heterocycles. The first kappa shape index (κ1) is 17.5. The molecular formula is C12H20BrIN4. The molecule has 0 aliphatic rings. The third kappa shape index (κ3) is 5.43. The maximum absolute atomic E-state index is 4.23. The average Bonchev–Trinajstić information content (AvgIpc) is 2.65. The van der Waals surface area contributed by atoms with Crippen molar-refractivity contribution in [2.75, 3.05) is 20.6 Å². The number of nitrogens with one attached hydrogen (secondary N) is 1. The van der Waals surface area contributed by atoms with Crippen molar-refractivity contribution < 1.29 is 0 Å². The fourth-order valence-electron chi connectivity index (χ4n) is 1.54. The zero-order chi connectivity index (χ0) is 12.8. The van der Waals surface area contributed by atoms with Crippen molar-refractivity contribution in [3.05, 3.63) is 35.1 Å². The van der Waals surface area contributed by atoms with Gasteiger partial charge in [-0.25, -0.2) is 0 Å². The topological polar surface area (TPSA) is 32.6 Å². The maximum Gasteiger partial charge on any atom is 0.194 e. The molecule has 0 bridgehead atoms. The van der Waals surface area contributed by atoms with Gasteiger partial charge < -0.3 is 14.8 Å². The van der Waals surface area contributed by atoms with Gasteiger partial charge in [0.1, 0.15) is 0 Å². The van der Waals surface area contributed by atoms with E-state index in [-0.39, 0.29) is 24.0 Å². The summed E-state index contributed by atoms with van der Waals surface area (Å²) < 4.78 is 3.01. The molecule has 0 aliphatic carbocycles. The quantitative estimate of drug-likeness (QED) is 0.456. The molecule has 0 amide bonds. The molecule has 1 aromatic heterocycles. The Balaban J connectivity index is 0.00000289. The van der Waals surface area contributed by atoms with Gasteiger partial charge in [0.15, 0.2) is 5.96 Å². The summed E-state index contributed by atoms with van der Waals surface area (Å²) in [6.45, 7) is 5.28. The van der Waals surface area contributed by atoms with Crippen LogP contribution in [0.25, 0.3) is 0 Å². The van der Waals surface area contributed by atoms with Gasteiger partial charge >= 0.3 is 0 Å². The molecule has 0 atom stereocenters. The Bertz CT molecular complexity index is 414. The van der Waals surface area contributed by atoms with E-state index in [1.165, 1.54) is 5.69 Å². The molecule has 1 N–H and O–H groups in total. The molecule has 18 heavy (non-hydrogen) atoms. The maximum atomic E-state index is 4.23. The standard InChI is InChI=1S/C12H19BrN4.HI/c1-10(13)8-15-12(14-2)17(4)9-11-6-5-7-16(11)3;/h5-7H,1,8-9H2,2-4H3,(H,14,15);1H. The van der Waals surface area contributed by atoms with Crippen molar-refractivity contribution in [3.8, 4) is 0 Å². The van der Waals surface area contributed by atoms with Gasteiger partial charge in [-0.3, -0.25) is 4.99 Å². The van der Waals surface area contributed by atoms with Gasteiger partial charge in [0.2, 0.25) is 0 Å². The van der Waals surface area contributed by atoms with E-state index in [0.29, 0.717) is 6.54 Å². The summed E-state index contributed by atoms with van der Waals surface area (Å²) in [6.07, 6.45) is 2.04. The van der Waals surface area contributed by atoms with Crippen molar-refractivity contribution in [2.45, 2.75) is 6.54 Å². The first-order chi connectivity index (χ1) is 8.04. The lowest BCUT2D eigenvalue weighted by atomic mass is 10.4. The van der Waals surface area contributed by atoms with Gasteiger partial charge in [0.25, 0.3) is 0 Å². The fourth-order valence-corrected chi connectivity index (χ4v) is 1.68. The van der Waals surface area contributed by atoms with Crippen LogP contribution in [0.2, 0.25) is 0 Å². The van der Waals surface area contributed by atoms with Gasteiger partial charge in [-0.05, 0) is 12.1 Å². The van der Waals surface area contributed by atoms with Crippen LogP contribution in [0.3, 0.4) is 0 Å². The molecular weight excluding hydrogens is 407 g/mol. The average molecular weight is 427 g/mol. The van der Waals surface area contributed by atoms with Crippen molar-refractivity contribution in [3.63, 3.8) is 0 Å². The molecule has 0 saturated carbocycles. The SMILES string of the molecule is C=C(Br)CNC(=NC)N(C)Cc1cccn1C.I. The van der Waals surface area contributed by atoms with Crippen LogP contribution in [-0.4, -0.2) is 36.1 Å². The Kier molecular flexibility index (Phi) is 8.34. The van der Waals surface area contributed by atoms with E-state index in [2.05, 4.69) is 48.4 Å². The number of guanidine groups is 1. The van der Waals surface area contributed by atoms with Crippen LogP contribution in [0.15, 0.2) is 34.4 Å². The summed E-state index contributed by atoms with van der Waals surface area (Å²) in [5.41, 5.74) is 1.24. The minimum Gasteiger partial charge on any atom is -0.353 e. The third-order valence-corrected chi connectivity index (χ3v) is 2.74. The van der Waals surface area contributed by atoms with Gasteiger partial charge in [-0.2, -0.15) is 0 Å². The summed E-state index contributed by atoms with van der Waals surface area (Å²) in [5.74, 6) is 0.854. The summed E-state index contributed by atoms with van der Waals surface area (Å²) in [4.78, 5) is 6.31. The Hall–Kier alpha value is -0.500. The minimum atomic E-state index is 0. The monoisotopic (exact) mass is 426 g/mol. The van der Waals surface area contributed by atoms with Crippen molar-refractivity contribution in [2.24, 2.45) is 12.0 Å². The van der Waals surface area contributed by atoms with Crippen molar-refractivity contribution in [1.82, 2.24) is 14.8 Å². The van der Waals surface area contributed by atoms with Crippen LogP contribution in [-0.2, 0) is 13.6 Å². The second-order valence-corrected chi connectivity index (χ2v) is 5.01. The van der Waals surface area contributed by atoms with E-state index in [4.69, 9.17) is 0 Å². The molecule has 6 heteroatoms. The lowest BCUT2D eigenvalue weighted by Gasteiger charge is -2.22. The Morgan fingerprint density at radius 3 is 2.72 bits per heavy atom. The number of aromatic nitrogens is 1. The zero-order valence-electron chi connectivity index (χ0n) is 11.0. The van der Waals surface area contributed by atoms with E-state index in [1.54, 1.807) is 7.05 Å². The molecule has 1 rings (SSSR count). The van der Waals surface area contributed by atoms with E-state index >= 15 is 0 Å². The van der Waals surface area contributed by atoms with Crippen LogP contribution < -0.4 is 5.32 Å². The van der Waals surface area contributed by atoms with Crippen LogP contribution in [0.5, 0.6) is 0 Å². The van der Waals surface area contributed by atoms with Crippen LogP contribution >= 0.6 is 39.9 Å². The van der Waals surface area contributed by atoms with Crippen LogP contribution in [0.4, 0.5) is 0 Å². The molecule has 1 heterocycles. The lowest BCUT2D eigenvalue weighted by Crippen LogP contribution is -2.39. The van der Waals surface area contributed by atoms with E-state index in [9.17, 15) is 0 Å². The second-order valence-electron chi connectivity index (χ2n) is 3.88. The number of halogens is 2. The normalized spacial score (nSPS) is 10.8.